The second-order valence-electron chi connectivity index (χ2n) is 4.31. The van der Waals surface area contributed by atoms with Crippen LogP contribution in [-0.4, -0.2) is 24.8 Å². The molecule has 0 spiro atoms. The summed E-state index contributed by atoms with van der Waals surface area (Å²) in [6.45, 7) is 5.72. The Hall–Kier alpha value is -1.84. The van der Waals surface area contributed by atoms with Crippen molar-refractivity contribution in [1.29, 1.82) is 0 Å². The third kappa shape index (κ3) is 4.57. The minimum absolute atomic E-state index is 0.0242. The molecule has 0 bridgehead atoms. The number of Topliss-reactive ketones (excluding diaryl/α,β-unsaturated/α-hetero) is 1. The Morgan fingerprint density at radius 1 is 1.22 bits per heavy atom. The number of rotatable bonds is 6. The van der Waals surface area contributed by atoms with Gasteiger partial charge in [-0.25, -0.2) is 0 Å². The molecule has 0 aliphatic heterocycles. The van der Waals surface area contributed by atoms with Crippen molar-refractivity contribution in [2.24, 2.45) is 0 Å². The number of aryl methyl sites for hydroxylation is 2. The average Bonchev–Trinajstić information content (AvgIpc) is 2.27. The van der Waals surface area contributed by atoms with Crippen molar-refractivity contribution in [1.82, 2.24) is 5.32 Å². The Morgan fingerprint density at radius 2 is 1.83 bits per heavy atom. The van der Waals surface area contributed by atoms with Crippen LogP contribution >= 0.6 is 0 Å². The van der Waals surface area contributed by atoms with Gasteiger partial charge in [0, 0.05) is 13.0 Å². The fourth-order valence-corrected chi connectivity index (χ4v) is 1.59. The molecule has 0 radical (unpaired) electrons. The fourth-order valence-electron chi connectivity index (χ4n) is 1.59. The minimum atomic E-state index is -0.209. The molecular weight excluding hydrogens is 230 g/mol. The maximum atomic E-state index is 11.5. The molecule has 0 aliphatic carbocycles. The summed E-state index contributed by atoms with van der Waals surface area (Å²) in [7, 11) is 0. The highest BCUT2D eigenvalue weighted by Gasteiger charge is 2.06. The molecule has 18 heavy (non-hydrogen) atoms. The van der Waals surface area contributed by atoms with Gasteiger partial charge >= 0.3 is 0 Å². The Morgan fingerprint density at radius 3 is 2.39 bits per heavy atom. The molecule has 0 atom stereocenters. The number of carbonyl (C=O) groups is 2. The van der Waals surface area contributed by atoms with Gasteiger partial charge in [-0.15, -0.1) is 0 Å². The van der Waals surface area contributed by atoms with Crippen LogP contribution in [0.3, 0.4) is 0 Å². The monoisotopic (exact) mass is 249 g/mol. The predicted molar refractivity (Wildman–Crippen MR) is 69.7 cm³/mol. The van der Waals surface area contributed by atoms with E-state index in [1.807, 2.05) is 32.0 Å². The van der Waals surface area contributed by atoms with Crippen molar-refractivity contribution in [3.63, 3.8) is 0 Å². The van der Waals surface area contributed by atoms with Crippen LogP contribution in [0.5, 0.6) is 5.75 Å². The first kappa shape index (κ1) is 14.2. The van der Waals surface area contributed by atoms with E-state index in [-0.39, 0.29) is 18.3 Å². The van der Waals surface area contributed by atoms with Crippen molar-refractivity contribution in [3.05, 3.63) is 29.3 Å². The van der Waals surface area contributed by atoms with E-state index in [9.17, 15) is 9.59 Å². The van der Waals surface area contributed by atoms with Crippen LogP contribution in [0, 0.1) is 13.8 Å². The summed E-state index contributed by atoms with van der Waals surface area (Å²) < 4.78 is 5.49. The molecule has 98 valence electrons. The van der Waals surface area contributed by atoms with Gasteiger partial charge in [-0.3, -0.25) is 9.59 Å². The zero-order chi connectivity index (χ0) is 13.5. The lowest BCUT2D eigenvalue weighted by molar-refractivity contribution is -0.123. The Labute approximate surface area is 107 Å². The third-order valence-corrected chi connectivity index (χ3v) is 2.56. The largest absolute Gasteiger partial charge is 0.483 e. The first-order chi connectivity index (χ1) is 8.50. The maximum absolute atomic E-state index is 11.5. The van der Waals surface area contributed by atoms with Crippen molar-refractivity contribution in [2.75, 3.05) is 13.2 Å². The van der Waals surface area contributed by atoms with Gasteiger partial charge in [0.25, 0.3) is 5.91 Å². The first-order valence-electron chi connectivity index (χ1n) is 5.96. The highest BCUT2D eigenvalue weighted by Crippen LogP contribution is 2.21. The van der Waals surface area contributed by atoms with Crippen molar-refractivity contribution in [2.45, 2.75) is 27.2 Å². The lowest BCUT2D eigenvalue weighted by Gasteiger charge is -2.11. The number of carbonyl (C=O) groups excluding carboxylic acids is 2. The predicted octanol–water partition coefficient (Wildman–Crippen LogP) is 1.78. The third-order valence-electron chi connectivity index (χ3n) is 2.56. The molecule has 0 aromatic heterocycles. The first-order valence-corrected chi connectivity index (χ1v) is 5.96. The Kier molecular flexibility index (Phi) is 5.36. The second kappa shape index (κ2) is 6.79. The minimum Gasteiger partial charge on any atom is -0.483 e. The highest BCUT2D eigenvalue weighted by molar-refractivity contribution is 5.79. The van der Waals surface area contributed by atoms with E-state index in [1.165, 1.54) is 6.92 Å². The van der Waals surface area contributed by atoms with Crippen LogP contribution in [0.15, 0.2) is 18.2 Å². The van der Waals surface area contributed by atoms with Crippen molar-refractivity contribution >= 4 is 11.7 Å². The summed E-state index contributed by atoms with van der Waals surface area (Å²) in [6.07, 6.45) is 0.356. The number of amides is 1. The maximum Gasteiger partial charge on any atom is 0.257 e. The van der Waals surface area contributed by atoms with Crippen LogP contribution < -0.4 is 10.1 Å². The van der Waals surface area contributed by atoms with E-state index in [1.54, 1.807) is 0 Å². The summed E-state index contributed by atoms with van der Waals surface area (Å²) >= 11 is 0. The molecule has 1 rings (SSSR count). The van der Waals surface area contributed by atoms with Gasteiger partial charge in [-0.1, -0.05) is 18.2 Å². The van der Waals surface area contributed by atoms with E-state index in [2.05, 4.69) is 5.32 Å². The number of benzene rings is 1. The van der Waals surface area contributed by atoms with Crippen molar-refractivity contribution in [3.8, 4) is 5.75 Å². The number of nitrogens with one attached hydrogen (secondary N) is 1. The van der Waals surface area contributed by atoms with Crippen molar-refractivity contribution < 1.29 is 14.3 Å². The number of hydrogen-bond acceptors (Lipinski definition) is 3. The number of para-hydroxylation sites is 1. The van der Waals surface area contributed by atoms with Crippen LogP contribution in [-0.2, 0) is 9.59 Å². The summed E-state index contributed by atoms with van der Waals surface area (Å²) in [5.41, 5.74) is 2.01. The average molecular weight is 249 g/mol. The molecule has 0 saturated carbocycles. The molecule has 1 aromatic rings. The van der Waals surface area contributed by atoms with Gasteiger partial charge in [-0.2, -0.15) is 0 Å². The molecule has 1 aromatic carbocycles. The molecule has 0 aliphatic rings. The van der Waals surface area contributed by atoms with E-state index < -0.39 is 0 Å². The normalized spacial score (nSPS) is 9.94. The summed E-state index contributed by atoms with van der Waals surface area (Å²) in [5, 5.41) is 2.64. The lowest BCUT2D eigenvalue weighted by atomic mass is 10.1. The SMILES string of the molecule is CC(=O)CCNC(=O)COc1c(C)cccc1C. The zero-order valence-electron chi connectivity index (χ0n) is 11.1. The topological polar surface area (TPSA) is 55.4 Å². The van der Waals surface area contributed by atoms with Gasteiger partial charge in [0.2, 0.25) is 0 Å². The number of hydrogen-bond donors (Lipinski definition) is 1. The molecule has 0 saturated heterocycles. The van der Waals surface area contributed by atoms with Gasteiger partial charge in [0.1, 0.15) is 11.5 Å². The Bertz CT molecular complexity index is 420. The summed E-state index contributed by atoms with van der Waals surface area (Å²) in [6, 6.07) is 5.83. The highest BCUT2D eigenvalue weighted by atomic mass is 16.5. The summed E-state index contributed by atoms with van der Waals surface area (Å²) in [5.74, 6) is 0.601. The Balaban J connectivity index is 2.40. The van der Waals surface area contributed by atoms with Crippen LogP contribution in [0.1, 0.15) is 24.5 Å². The molecule has 1 amide bonds. The summed E-state index contributed by atoms with van der Waals surface area (Å²) in [4.78, 5) is 22.2. The number of ether oxygens (including phenoxy) is 1. The van der Waals surface area contributed by atoms with Crippen LogP contribution in [0.2, 0.25) is 0 Å². The van der Waals surface area contributed by atoms with Gasteiger partial charge < -0.3 is 10.1 Å². The van der Waals surface area contributed by atoms with Crippen LogP contribution in [0.4, 0.5) is 0 Å². The fraction of sp³-hybridized carbons (Fsp3) is 0.429. The molecule has 0 heterocycles. The van der Waals surface area contributed by atoms with Gasteiger partial charge in [0.15, 0.2) is 6.61 Å². The van der Waals surface area contributed by atoms with E-state index in [4.69, 9.17) is 4.74 Å². The van der Waals surface area contributed by atoms with E-state index in [0.717, 1.165) is 16.9 Å². The molecule has 0 fully saturated rings. The molecule has 4 heteroatoms. The molecule has 0 unspecified atom stereocenters. The lowest BCUT2D eigenvalue weighted by Crippen LogP contribution is -2.30. The standard InChI is InChI=1S/C14H19NO3/c1-10-5-4-6-11(2)14(10)18-9-13(17)15-8-7-12(3)16/h4-6H,7-9H2,1-3H3,(H,15,17). The van der Waals surface area contributed by atoms with Crippen LogP contribution in [0.25, 0.3) is 0 Å². The quantitative estimate of drug-likeness (QED) is 0.836. The van der Waals surface area contributed by atoms with E-state index >= 15 is 0 Å². The second-order valence-corrected chi connectivity index (χ2v) is 4.31. The van der Waals surface area contributed by atoms with Gasteiger partial charge in [0.05, 0.1) is 0 Å². The molecule has 4 nitrogen and oxygen atoms in total. The molecular formula is C14H19NO3. The van der Waals surface area contributed by atoms with Gasteiger partial charge in [-0.05, 0) is 31.9 Å². The zero-order valence-corrected chi connectivity index (χ0v) is 11.1. The van der Waals surface area contributed by atoms with E-state index in [0.29, 0.717) is 13.0 Å². The molecule has 1 N–H and O–H groups in total. The number of ketones is 1. The smallest absolute Gasteiger partial charge is 0.257 e.